The van der Waals surface area contributed by atoms with Crippen LogP contribution in [-0.2, 0) is 0 Å². The summed E-state index contributed by atoms with van der Waals surface area (Å²) in [4.78, 5) is 0. The van der Waals surface area contributed by atoms with Gasteiger partial charge in [0.25, 0.3) is 0 Å². The number of hydrogen-bond acceptors (Lipinski definition) is 1. The van der Waals surface area contributed by atoms with Gasteiger partial charge in [-0.1, -0.05) is 54.1 Å². The zero-order chi connectivity index (χ0) is 11.4. The van der Waals surface area contributed by atoms with Crippen molar-refractivity contribution in [1.29, 1.82) is 0 Å². The van der Waals surface area contributed by atoms with Gasteiger partial charge in [0.1, 0.15) is 0 Å². The molecule has 0 aliphatic heterocycles. The molecule has 0 aliphatic carbocycles. The van der Waals surface area contributed by atoms with E-state index in [1.807, 2.05) is 24.3 Å². The summed E-state index contributed by atoms with van der Waals surface area (Å²) in [5.41, 5.74) is 10.1. The van der Waals surface area contributed by atoms with Gasteiger partial charge in [-0.25, -0.2) is 0 Å². The van der Waals surface area contributed by atoms with E-state index in [2.05, 4.69) is 43.3 Å². The van der Waals surface area contributed by atoms with Crippen molar-refractivity contribution in [1.82, 2.24) is 0 Å². The average molecular weight is 209 g/mol. The molecule has 0 radical (unpaired) electrons. The van der Waals surface area contributed by atoms with Crippen LogP contribution in [0.1, 0.15) is 16.7 Å². The van der Waals surface area contributed by atoms with Crippen LogP contribution in [0.4, 0.5) is 5.69 Å². The van der Waals surface area contributed by atoms with E-state index in [1.165, 1.54) is 11.1 Å². The van der Waals surface area contributed by atoms with E-state index >= 15 is 0 Å². The van der Waals surface area contributed by atoms with E-state index in [0.717, 1.165) is 11.3 Å². The van der Waals surface area contributed by atoms with Gasteiger partial charge < -0.3 is 5.73 Å². The van der Waals surface area contributed by atoms with Gasteiger partial charge in [-0.2, -0.15) is 0 Å². The number of anilines is 1. The molecule has 0 atom stereocenters. The highest BCUT2D eigenvalue weighted by Crippen LogP contribution is 2.12. The molecule has 0 bridgehead atoms. The van der Waals surface area contributed by atoms with Gasteiger partial charge in [-0.05, 0) is 30.2 Å². The molecule has 2 aromatic carbocycles. The van der Waals surface area contributed by atoms with Crippen LogP contribution < -0.4 is 5.73 Å². The van der Waals surface area contributed by atoms with Crippen molar-refractivity contribution in [3.05, 3.63) is 65.2 Å². The Labute approximate surface area is 96.2 Å². The fourth-order valence-electron chi connectivity index (χ4n) is 1.63. The minimum absolute atomic E-state index is 0.798. The molecule has 2 N–H and O–H groups in total. The summed E-state index contributed by atoms with van der Waals surface area (Å²) in [5.74, 6) is 0. The second-order valence-electron chi connectivity index (χ2n) is 3.92. The summed E-state index contributed by atoms with van der Waals surface area (Å²) < 4.78 is 0. The summed E-state index contributed by atoms with van der Waals surface area (Å²) >= 11 is 0. The largest absolute Gasteiger partial charge is 0.399 e. The SMILES string of the molecule is Cc1cccc(C=Cc2cccc(N)c2)c1. The predicted molar refractivity (Wildman–Crippen MR) is 71.0 cm³/mol. The van der Waals surface area contributed by atoms with Crippen LogP contribution in [0.15, 0.2) is 48.5 Å². The predicted octanol–water partition coefficient (Wildman–Crippen LogP) is 3.75. The number of aryl methyl sites for hydroxylation is 1. The number of rotatable bonds is 2. The fourth-order valence-corrected chi connectivity index (χ4v) is 1.63. The molecule has 2 rings (SSSR count). The highest BCUT2D eigenvalue weighted by atomic mass is 14.5. The van der Waals surface area contributed by atoms with Crippen molar-refractivity contribution >= 4 is 17.8 Å². The molecule has 0 aromatic heterocycles. The molecule has 1 heteroatoms. The van der Waals surface area contributed by atoms with Crippen LogP contribution in [0.3, 0.4) is 0 Å². The Hall–Kier alpha value is -2.02. The number of hydrogen-bond donors (Lipinski definition) is 1. The maximum atomic E-state index is 5.72. The van der Waals surface area contributed by atoms with Crippen LogP contribution in [0.25, 0.3) is 12.2 Å². The zero-order valence-corrected chi connectivity index (χ0v) is 9.35. The molecule has 0 fully saturated rings. The Morgan fingerprint density at radius 2 is 1.50 bits per heavy atom. The minimum Gasteiger partial charge on any atom is -0.399 e. The number of nitrogen functional groups attached to an aromatic ring is 1. The highest BCUT2D eigenvalue weighted by Gasteiger charge is 1.89. The molecular formula is C15H15N. The molecule has 1 nitrogen and oxygen atoms in total. The molecule has 0 aliphatic rings. The molecule has 0 heterocycles. The normalized spacial score (nSPS) is 10.8. The second kappa shape index (κ2) is 4.67. The van der Waals surface area contributed by atoms with E-state index in [1.54, 1.807) is 0 Å². The van der Waals surface area contributed by atoms with Gasteiger partial charge in [0.2, 0.25) is 0 Å². The fraction of sp³-hybridized carbons (Fsp3) is 0.0667. The Balaban J connectivity index is 2.21. The standard InChI is InChI=1S/C15H15N/c1-12-4-2-5-13(10-12)8-9-14-6-3-7-15(16)11-14/h2-11H,16H2,1H3. The highest BCUT2D eigenvalue weighted by molar-refractivity contribution is 5.71. The zero-order valence-electron chi connectivity index (χ0n) is 9.35. The third kappa shape index (κ3) is 2.74. The van der Waals surface area contributed by atoms with Gasteiger partial charge >= 0.3 is 0 Å². The van der Waals surface area contributed by atoms with Gasteiger partial charge in [-0.15, -0.1) is 0 Å². The average Bonchev–Trinajstić information content (AvgIpc) is 2.27. The van der Waals surface area contributed by atoms with Crippen molar-refractivity contribution in [2.24, 2.45) is 0 Å². The summed E-state index contributed by atoms with van der Waals surface area (Å²) in [6.45, 7) is 2.10. The molecule has 2 aromatic rings. The molecule has 80 valence electrons. The van der Waals surface area contributed by atoms with Crippen LogP contribution in [0.5, 0.6) is 0 Å². The third-order valence-electron chi connectivity index (χ3n) is 2.42. The van der Waals surface area contributed by atoms with Crippen LogP contribution in [0.2, 0.25) is 0 Å². The van der Waals surface area contributed by atoms with Crippen molar-refractivity contribution in [3.8, 4) is 0 Å². The summed E-state index contributed by atoms with van der Waals surface area (Å²) in [7, 11) is 0. The first-order valence-electron chi connectivity index (χ1n) is 5.34. The van der Waals surface area contributed by atoms with E-state index < -0.39 is 0 Å². The Morgan fingerprint density at radius 1 is 0.875 bits per heavy atom. The molecule has 0 unspecified atom stereocenters. The quantitative estimate of drug-likeness (QED) is 0.591. The Bertz CT molecular complexity index is 465. The Morgan fingerprint density at radius 3 is 2.12 bits per heavy atom. The molecule has 0 spiro atoms. The number of benzene rings is 2. The van der Waals surface area contributed by atoms with E-state index in [4.69, 9.17) is 5.73 Å². The molecular weight excluding hydrogens is 194 g/mol. The van der Waals surface area contributed by atoms with Crippen LogP contribution in [0, 0.1) is 6.92 Å². The maximum absolute atomic E-state index is 5.72. The molecule has 16 heavy (non-hydrogen) atoms. The minimum atomic E-state index is 0.798. The smallest absolute Gasteiger partial charge is 0.0319 e. The van der Waals surface area contributed by atoms with Crippen molar-refractivity contribution in [2.45, 2.75) is 6.92 Å². The van der Waals surface area contributed by atoms with Crippen molar-refractivity contribution in [3.63, 3.8) is 0 Å². The van der Waals surface area contributed by atoms with Gasteiger partial charge in [0.15, 0.2) is 0 Å². The first-order valence-corrected chi connectivity index (χ1v) is 5.34. The van der Waals surface area contributed by atoms with Gasteiger partial charge in [-0.3, -0.25) is 0 Å². The first-order chi connectivity index (χ1) is 7.74. The summed E-state index contributed by atoms with van der Waals surface area (Å²) in [6, 6.07) is 16.3. The first kappa shape index (κ1) is 10.5. The lowest BCUT2D eigenvalue weighted by Crippen LogP contribution is -1.83. The summed E-state index contributed by atoms with van der Waals surface area (Å²) in [6.07, 6.45) is 4.17. The molecule has 0 saturated carbocycles. The Kier molecular flexibility index (Phi) is 3.06. The van der Waals surface area contributed by atoms with E-state index in [9.17, 15) is 0 Å². The number of nitrogens with two attached hydrogens (primary N) is 1. The summed E-state index contributed by atoms with van der Waals surface area (Å²) in [5, 5.41) is 0. The third-order valence-corrected chi connectivity index (χ3v) is 2.42. The van der Waals surface area contributed by atoms with Crippen LogP contribution >= 0.6 is 0 Å². The monoisotopic (exact) mass is 209 g/mol. The lowest BCUT2D eigenvalue weighted by Gasteiger charge is -1.97. The lowest BCUT2D eigenvalue weighted by molar-refractivity contribution is 1.46. The molecule has 0 amide bonds. The van der Waals surface area contributed by atoms with E-state index in [0.29, 0.717) is 0 Å². The lowest BCUT2D eigenvalue weighted by atomic mass is 10.1. The second-order valence-corrected chi connectivity index (χ2v) is 3.92. The van der Waals surface area contributed by atoms with E-state index in [-0.39, 0.29) is 0 Å². The molecule has 0 saturated heterocycles. The van der Waals surface area contributed by atoms with Gasteiger partial charge in [0, 0.05) is 5.69 Å². The maximum Gasteiger partial charge on any atom is 0.0319 e. The van der Waals surface area contributed by atoms with Crippen LogP contribution in [-0.4, -0.2) is 0 Å². The van der Waals surface area contributed by atoms with Gasteiger partial charge in [0.05, 0.1) is 0 Å². The topological polar surface area (TPSA) is 26.0 Å². The van der Waals surface area contributed by atoms with Crippen molar-refractivity contribution < 1.29 is 0 Å². The van der Waals surface area contributed by atoms with Crippen molar-refractivity contribution in [2.75, 3.05) is 5.73 Å².